The Kier molecular flexibility index (Phi) is 5.95. The molecule has 0 saturated carbocycles. The first-order valence-corrected chi connectivity index (χ1v) is 13.3. The summed E-state index contributed by atoms with van der Waals surface area (Å²) in [6.45, 7) is 16.1. The monoisotopic (exact) mass is 463 g/mol. The average Bonchev–Trinajstić information content (AvgIpc) is 3.19. The molecule has 0 aliphatic carbocycles. The van der Waals surface area contributed by atoms with Crippen molar-refractivity contribution in [2.45, 2.75) is 65.2 Å². The van der Waals surface area contributed by atoms with E-state index in [9.17, 15) is 0 Å². The first-order chi connectivity index (χ1) is 16.8. The summed E-state index contributed by atoms with van der Waals surface area (Å²) in [5.41, 5.74) is 8.33. The molecule has 0 amide bonds. The number of nitrogens with zero attached hydrogens (tertiary/aromatic N) is 2. The summed E-state index contributed by atoms with van der Waals surface area (Å²) < 4.78 is 2.57. The summed E-state index contributed by atoms with van der Waals surface area (Å²) in [5.74, 6) is 0. The summed E-state index contributed by atoms with van der Waals surface area (Å²) in [4.78, 5) is 2.52. The molecule has 35 heavy (non-hydrogen) atoms. The highest BCUT2D eigenvalue weighted by molar-refractivity contribution is 6.07. The molecule has 0 N–H and O–H groups in total. The zero-order valence-electron chi connectivity index (χ0n) is 22.2. The lowest BCUT2D eigenvalue weighted by atomic mass is 9.80. The van der Waals surface area contributed by atoms with E-state index < -0.39 is 0 Å². The summed E-state index contributed by atoms with van der Waals surface area (Å²) in [5, 5.41) is 2.67. The summed E-state index contributed by atoms with van der Waals surface area (Å²) in [7, 11) is 0. The molecule has 0 fully saturated rings. The Bertz CT molecular complexity index is 1370. The van der Waals surface area contributed by atoms with Crippen LogP contribution in [0.4, 0.5) is 11.4 Å². The van der Waals surface area contributed by atoms with Crippen LogP contribution in [0, 0.1) is 0 Å². The van der Waals surface area contributed by atoms with Crippen molar-refractivity contribution in [3.05, 3.63) is 95.7 Å². The van der Waals surface area contributed by atoms with Gasteiger partial charge in [0, 0.05) is 41.4 Å². The molecule has 0 unspecified atom stereocenters. The molecule has 3 aromatic carbocycles. The van der Waals surface area contributed by atoms with E-state index in [0.29, 0.717) is 0 Å². The number of allylic oxidation sites excluding steroid dienone is 4. The van der Waals surface area contributed by atoms with E-state index in [4.69, 9.17) is 0 Å². The van der Waals surface area contributed by atoms with E-state index in [1.165, 1.54) is 44.7 Å². The fraction of sp³-hybridized carbons (Fsp3) is 0.364. The molecule has 2 heteroatoms. The quantitative estimate of drug-likeness (QED) is 0.333. The molecule has 180 valence electrons. The van der Waals surface area contributed by atoms with Gasteiger partial charge >= 0.3 is 0 Å². The van der Waals surface area contributed by atoms with Crippen LogP contribution in [0.5, 0.6) is 0 Å². The molecular weight excluding hydrogens is 424 g/mol. The van der Waals surface area contributed by atoms with Crippen LogP contribution in [0.25, 0.3) is 10.8 Å². The minimum Gasteiger partial charge on any atom is -0.344 e. The third-order valence-electron chi connectivity index (χ3n) is 7.98. The normalized spacial score (nSPS) is 19.3. The highest BCUT2D eigenvalue weighted by Gasteiger charge is 2.45. The maximum absolute atomic E-state index is 2.57. The summed E-state index contributed by atoms with van der Waals surface area (Å²) in [6, 6.07) is 22.4. The van der Waals surface area contributed by atoms with Crippen molar-refractivity contribution in [3.63, 3.8) is 0 Å². The first kappa shape index (κ1) is 23.6. The van der Waals surface area contributed by atoms with Gasteiger partial charge in [-0.05, 0) is 49.4 Å². The Morgan fingerprint density at radius 3 is 2.31 bits per heavy atom. The van der Waals surface area contributed by atoms with E-state index in [1.54, 1.807) is 0 Å². The van der Waals surface area contributed by atoms with Gasteiger partial charge < -0.3 is 4.90 Å². The molecule has 3 aromatic rings. The number of benzene rings is 3. The smallest absolute Gasteiger partial charge is 0.217 e. The van der Waals surface area contributed by atoms with Gasteiger partial charge in [-0.2, -0.15) is 4.58 Å². The van der Waals surface area contributed by atoms with Gasteiger partial charge in [-0.15, -0.1) is 0 Å². The van der Waals surface area contributed by atoms with E-state index in [-0.39, 0.29) is 10.8 Å². The Morgan fingerprint density at radius 2 is 1.54 bits per heavy atom. The molecule has 2 nitrogen and oxygen atoms in total. The molecule has 0 bridgehead atoms. The van der Waals surface area contributed by atoms with Crippen LogP contribution in [0.3, 0.4) is 0 Å². The predicted molar refractivity (Wildman–Crippen MR) is 151 cm³/mol. The second-order valence-corrected chi connectivity index (χ2v) is 11.0. The number of anilines is 1. The number of rotatable bonds is 6. The van der Waals surface area contributed by atoms with Crippen LogP contribution in [0.1, 0.15) is 65.5 Å². The van der Waals surface area contributed by atoms with Gasteiger partial charge in [0.15, 0.2) is 5.71 Å². The van der Waals surface area contributed by atoms with Gasteiger partial charge in [0.2, 0.25) is 5.69 Å². The molecule has 2 heterocycles. The van der Waals surface area contributed by atoms with Crippen molar-refractivity contribution < 1.29 is 4.58 Å². The highest BCUT2D eigenvalue weighted by Crippen LogP contribution is 2.48. The van der Waals surface area contributed by atoms with Crippen LogP contribution in [-0.2, 0) is 10.8 Å². The first-order valence-electron chi connectivity index (χ1n) is 13.3. The second kappa shape index (κ2) is 8.82. The number of hydrogen-bond donors (Lipinski definition) is 0. The lowest BCUT2D eigenvalue weighted by Gasteiger charge is -2.26. The van der Waals surface area contributed by atoms with Crippen LogP contribution in [0.2, 0.25) is 0 Å². The lowest BCUT2D eigenvalue weighted by Crippen LogP contribution is -2.28. The summed E-state index contributed by atoms with van der Waals surface area (Å²) in [6.07, 6.45) is 9.29. The highest BCUT2D eigenvalue weighted by atomic mass is 15.2. The van der Waals surface area contributed by atoms with Crippen LogP contribution >= 0.6 is 0 Å². The maximum Gasteiger partial charge on any atom is 0.217 e. The van der Waals surface area contributed by atoms with Gasteiger partial charge in [-0.1, -0.05) is 82.3 Å². The second-order valence-electron chi connectivity index (χ2n) is 11.0. The Hall–Kier alpha value is -3.13. The molecule has 0 aromatic heterocycles. The fourth-order valence-corrected chi connectivity index (χ4v) is 6.24. The van der Waals surface area contributed by atoms with E-state index >= 15 is 0 Å². The Labute approximate surface area is 211 Å². The van der Waals surface area contributed by atoms with Crippen molar-refractivity contribution in [3.8, 4) is 0 Å². The SMILES string of the molecule is CCCN1C(=CC=CC2=[N+](CCC)c3c(ccc4ccccc34)C2(C)C)C(C)(C)c2ccccc21. The van der Waals surface area contributed by atoms with Crippen molar-refractivity contribution >= 4 is 27.9 Å². The van der Waals surface area contributed by atoms with Gasteiger partial charge in [0.05, 0.1) is 10.8 Å². The minimum absolute atomic E-state index is 0.00572. The van der Waals surface area contributed by atoms with Crippen LogP contribution in [0.15, 0.2) is 84.6 Å². The third-order valence-corrected chi connectivity index (χ3v) is 7.98. The third kappa shape index (κ3) is 3.66. The van der Waals surface area contributed by atoms with E-state index in [2.05, 4.69) is 130 Å². The van der Waals surface area contributed by atoms with Crippen molar-refractivity contribution in [2.24, 2.45) is 0 Å². The average molecular weight is 464 g/mol. The van der Waals surface area contributed by atoms with Gasteiger partial charge in [0.1, 0.15) is 6.54 Å². The van der Waals surface area contributed by atoms with Crippen molar-refractivity contribution in [1.82, 2.24) is 0 Å². The standard InChI is InChI=1S/C33H39N2/c1-7-22-34-28-17-12-11-16-26(28)32(3,4)29(34)18-13-19-30-33(5,6)27-21-20-24-14-9-10-15-25(24)31(27)35(30)23-8-2/h9-21H,7-8,22-23H2,1-6H3/q+1. The lowest BCUT2D eigenvalue weighted by molar-refractivity contribution is -0.436. The molecular formula is C33H39N2+. The molecule has 2 aliphatic rings. The Morgan fingerprint density at radius 1 is 0.800 bits per heavy atom. The largest absolute Gasteiger partial charge is 0.344 e. The van der Waals surface area contributed by atoms with Crippen molar-refractivity contribution in [2.75, 3.05) is 18.0 Å². The molecule has 5 rings (SSSR count). The van der Waals surface area contributed by atoms with Crippen molar-refractivity contribution in [1.29, 1.82) is 0 Å². The van der Waals surface area contributed by atoms with Crippen LogP contribution in [-0.4, -0.2) is 23.4 Å². The van der Waals surface area contributed by atoms with Gasteiger partial charge in [-0.3, -0.25) is 0 Å². The van der Waals surface area contributed by atoms with Crippen LogP contribution < -0.4 is 4.90 Å². The van der Waals surface area contributed by atoms with Gasteiger partial charge in [0.25, 0.3) is 0 Å². The summed E-state index contributed by atoms with van der Waals surface area (Å²) >= 11 is 0. The fourth-order valence-electron chi connectivity index (χ4n) is 6.24. The Balaban J connectivity index is 1.61. The number of fused-ring (bicyclic) bond motifs is 4. The number of hydrogen-bond acceptors (Lipinski definition) is 1. The minimum atomic E-state index is -0.0409. The molecule has 0 spiro atoms. The predicted octanol–water partition coefficient (Wildman–Crippen LogP) is 8.27. The zero-order valence-corrected chi connectivity index (χ0v) is 22.2. The molecule has 0 atom stereocenters. The molecule has 0 radical (unpaired) electrons. The molecule has 2 aliphatic heterocycles. The number of para-hydroxylation sites is 1. The zero-order chi connectivity index (χ0) is 24.8. The van der Waals surface area contributed by atoms with E-state index in [1.807, 2.05) is 0 Å². The molecule has 0 saturated heterocycles. The maximum atomic E-state index is 2.57. The van der Waals surface area contributed by atoms with Gasteiger partial charge in [-0.25, -0.2) is 0 Å². The topological polar surface area (TPSA) is 6.25 Å². The van der Waals surface area contributed by atoms with E-state index in [0.717, 1.165) is 25.9 Å².